The summed E-state index contributed by atoms with van der Waals surface area (Å²) >= 11 is 4.61. The highest BCUT2D eigenvalue weighted by atomic mass is 79.9. The number of amides is 1. The van der Waals surface area contributed by atoms with E-state index in [-0.39, 0.29) is 26.9 Å². The van der Waals surface area contributed by atoms with Crippen LogP contribution >= 0.6 is 27.3 Å². The number of methoxy groups -OCH3 is 1. The molecule has 0 aliphatic heterocycles. The number of hydrogen-bond donors (Lipinski definition) is 1. The van der Waals surface area contributed by atoms with Crippen LogP contribution in [0.2, 0.25) is 0 Å². The Kier molecular flexibility index (Phi) is 7.17. The summed E-state index contributed by atoms with van der Waals surface area (Å²) in [7, 11) is 1.49. The van der Waals surface area contributed by atoms with Crippen LogP contribution in [0.15, 0.2) is 34.8 Å². The Balaban J connectivity index is 1.54. The molecule has 4 aromatic rings. The number of nitrogens with one attached hydrogen (secondary N) is 1. The number of aromatic nitrogens is 3. The van der Waals surface area contributed by atoms with E-state index in [2.05, 4.69) is 58.2 Å². The number of fused-ring (bicyclic) bond motifs is 2. The first kappa shape index (κ1) is 28.1. The Morgan fingerprint density at radius 2 is 1.95 bits per heavy atom. The van der Waals surface area contributed by atoms with Crippen LogP contribution in [-0.2, 0) is 19.0 Å². The van der Waals surface area contributed by atoms with Crippen LogP contribution in [0, 0.1) is 22.7 Å². The average molecular weight is 633 g/mol. The predicted molar refractivity (Wildman–Crippen MR) is 150 cm³/mol. The summed E-state index contributed by atoms with van der Waals surface area (Å²) < 4.78 is 48.1. The smallest absolute Gasteiger partial charge is 0.433 e. The van der Waals surface area contributed by atoms with Crippen molar-refractivity contribution in [3.63, 3.8) is 0 Å². The zero-order chi connectivity index (χ0) is 29.0. The van der Waals surface area contributed by atoms with E-state index in [1.165, 1.54) is 18.4 Å². The zero-order valence-corrected chi connectivity index (χ0v) is 24.5. The first-order chi connectivity index (χ1) is 18.8. The number of halogens is 4. The Morgan fingerprint density at radius 1 is 1.25 bits per heavy atom. The van der Waals surface area contributed by atoms with Crippen molar-refractivity contribution in [2.24, 2.45) is 11.3 Å². The lowest BCUT2D eigenvalue weighted by Crippen LogP contribution is -2.26. The Bertz CT molecular complexity index is 1660. The zero-order valence-electron chi connectivity index (χ0n) is 22.1. The van der Waals surface area contributed by atoms with Crippen molar-refractivity contribution in [3.05, 3.63) is 62.2 Å². The molecule has 12 heteroatoms. The van der Waals surface area contributed by atoms with Crippen LogP contribution in [0.5, 0.6) is 5.75 Å². The molecule has 40 heavy (non-hydrogen) atoms. The van der Waals surface area contributed by atoms with Gasteiger partial charge in [0.05, 0.1) is 22.8 Å². The molecule has 0 spiro atoms. The van der Waals surface area contributed by atoms with E-state index in [1.807, 2.05) is 0 Å². The fourth-order valence-corrected chi connectivity index (χ4v) is 6.73. The summed E-state index contributed by atoms with van der Waals surface area (Å²) in [4.78, 5) is 18.8. The van der Waals surface area contributed by atoms with Crippen molar-refractivity contribution in [2.75, 3.05) is 12.4 Å². The second-order valence-electron chi connectivity index (χ2n) is 10.7. The fraction of sp³-hybridized carbons (Fsp3) is 0.357. The number of carbonyl (C=O) groups is 1. The lowest BCUT2D eigenvalue weighted by molar-refractivity contribution is -0.142. The van der Waals surface area contributed by atoms with E-state index in [9.17, 15) is 23.2 Å². The topological polar surface area (TPSA) is 92.3 Å². The van der Waals surface area contributed by atoms with Crippen LogP contribution in [0.3, 0.4) is 0 Å². The lowest BCUT2D eigenvalue weighted by Gasteiger charge is -2.33. The van der Waals surface area contributed by atoms with Gasteiger partial charge in [0.1, 0.15) is 16.8 Å². The molecule has 1 unspecified atom stereocenters. The number of thiophene rings is 1. The molecule has 1 N–H and O–H groups in total. The van der Waals surface area contributed by atoms with Gasteiger partial charge in [-0.15, -0.1) is 11.3 Å². The van der Waals surface area contributed by atoms with E-state index in [0.717, 1.165) is 35.8 Å². The first-order valence-corrected chi connectivity index (χ1v) is 14.1. The first-order valence-electron chi connectivity index (χ1n) is 12.5. The number of benzene rings is 1. The maximum atomic E-state index is 14.1. The molecular weight excluding hydrogens is 607 g/mol. The molecular formula is C28H25BrF3N5O2S. The van der Waals surface area contributed by atoms with Gasteiger partial charge in [-0.25, -0.2) is 9.50 Å². The molecule has 7 nitrogen and oxygen atoms in total. The highest BCUT2D eigenvalue weighted by molar-refractivity contribution is 9.10. The summed E-state index contributed by atoms with van der Waals surface area (Å²) in [5.74, 6) is 0.248. The molecule has 1 aliphatic carbocycles. The number of carbonyl (C=O) groups excluding carboxylic acids is 1. The number of rotatable bonds is 4. The van der Waals surface area contributed by atoms with Crippen molar-refractivity contribution in [1.29, 1.82) is 5.26 Å². The molecule has 0 saturated heterocycles. The van der Waals surface area contributed by atoms with E-state index in [1.54, 1.807) is 24.3 Å². The molecule has 0 radical (unpaired) electrons. The van der Waals surface area contributed by atoms with Gasteiger partial charge in [0.15, 0.2) is 17.0 Å². The molecule has 0 bridgehead atoms. The summed E-state index contributed by atoms with van der Waals surface area (Å²) in [6.07, 6.45) is -2.29. The fourth-order valence-electron chi connectivity index (χ4n) is 4.94. The van der Waals surface area contributed by atoms with Crippen molar-refractivity contribution in [2.45, 2.75) is 46.2 Å². The van der Waals surface area contributed by atoms with Crippen molar-refractivity contribution in [3.8, 4) is 23.1 Å². The van der Waals surface area contributed by atoms with Crippen molar-refractivity contribution in [1.82, 2.24) is 14.6 Å². The third-order valence-electron chi connectivity index (χ3n) is 7.25. The van der Waals surface area contributed by atoms with Crippen LogP contribution in [0.4, 0.5) is 18.2 Å². The molecule has 0 saturated carbocycles. The third kappa shape index (κ3) is 5.08. The minimum absolute atomic E-state index is 0.0125. The van der Waals surface area contributed by atoms with Gasteiger partial charge in [-0.05, 0) is 82.4 Å². The SMILES string of the molecule is COc1ccc(-c2cc(C(F)(F)F)n3nc(C(=O)Nc4sc5c(c4C#N)CCC(C(C)(C)C)C5)c(Br)c3n2)cc1. The van der Waals surface area contributed by atoms with Gasteiger partial charge >= 0.3 is 6.18 Å². The molecule has 3 heterocycles. The normalized spacial score (nSPS) is 15.5. The molecule has 208 valence electrons. The molecule has 5 rings (SSSR count). The number of ether oxygens (including phenoxy) is 1. The van der Waals surface area contributed by atoms with Gasteiger partial charge in [0, 0.05) is 10.4 Å². The number of nitriles is 1. The molecule has 1 aliphatic rings. The van der Waals surface area contributed by atoms with Crippen LogP contribution < -0.4 is 10.1 Å². The van der Waals surface area contributed by atoms with E-state index in [0.29, 0.717) is 32.3 Å². The minimum atomic E-state index is -4.77. The van der Waals surface area contributed by atoms with Gasteiger partial charge in [-0.1, -0.05) is 20.8 Å². The Hall–Kier alpha value is -3.43. The molecule has 0 fully saturated rings. The van der Waals surface area contributed by atoms with Gasteiger partial charge < -0.3 is 10.1 Å². The predicted octanol–water partition coefficient (Wildman–Crippen LogP) is 7.52. The van der Waals surface area contributed by atoms with Gasteiger partial charge in [0.2, 0.25) is 0 Å². The van der Waals surface area contributed by atoms with Crippen LogP contribution in [0.1, 0.15) is 59.4 Å². The summed E-state index contributed by atoms with van der Waals surface area (Å²) in [6, 6.07) is 9.54. The second-order valence-corrected chi connectivity index (χ2v) is 12.6. The van der Waals surface area contributed by atoms with E-state index < -0.39 is 17.8 Å². The Morgan fingerprint density at radius 3 is 2.55 bits per heavy atom. The maximum Gasteiger partial charge on any atom is 0.433 e. The summed E-state index contributed by atoms with van der Waals surface area (Å²) in [5.41, 5.74) is 0.412. The standard InChI is InChI=1S/C28H25BrF3N5O2S/c1-27(2,3)15-7-10-17-18(13-33)26(40-20(17)11-15)35-25(38)23-22(29)24-34-19(14-5-8-16(39-4)9-6-14)12-21(28(30,31)32)37(24)36-23/h5-6,8-9,12,15H,7,10-11H2,1-4H3,(H,35,38). The monoisotopic (exact) mass is 631 g/mol. The van der Waals surface area contributed by atoms with E-state index >= 15 is 0 Å². The van der Waals surface area contributed by atoms with E-state index in [4.69, 9.17) is 4.74 Å². The van der Waals surface area contributed by atoms with Crippen molar-refractivity contribution < 1.29 is 22.7 Å². The second kappa shape index (κ2) is 10.2. The molecule has 1 amide bonds. The summed E-state index contributed by atoms with van der Waals surface area (Å²) in [5, 5.41) is 17.0. The largest absolute Gasteiger partial charge is 0.497 e. The maximum absolute atomic E-state index is 14.1. The highest BCUT2D eigenvalue weighted by Gasteiger charge is 2.37. The highest BCUT2D eigenvalue weighted by Crippen LogP contribution is 2.44. The lowest BCUT2D eigenvalue weighted by atomic mass is 9.72. The average Bonchev–Trinajstić information content (AvgIpc) is 3.43. The van der Waals surface area contributed by atoms with Crippen LogP contribution in [-0.4, -0.2) is 27.6 Å². The van der Waals surface area contributed by atoms with Gasteiger partial charge in [-0.2, -0.15) is 23.5 Å². The number of hydrogen-bond acceptors (Lipinski definition) is 6. The van der Waals surface area contributed by atoms with Gasteiger partial charge in [0.25, 0.3) is 5.91 Å². The molecule has 1 atom stereocenters. The van der Waals surface area contributed by atoms with Crippen molar-refractivity contribution >= 4 is 43.8 Å². The Labute approximate surface area is 241 Å². The van der Waals surface area contributed by atoms with Crippen LogP contribution in [0.25, 0.3) is 16.9 Å². The number of nitrogens with zero attached hydrogens (tertiary/aromatic N) is 4. The molecule has 3 aromatic heterocycles. The molecule has 1 aromatic carbocycles. The quantitative estimate of drug-likeness (QED) is 0.251. The minimum Gasteiger partial charge on any atom is -0.497 e. The van der Waals surface area contributed by atoms with Gasteiger partial charge in [-0.3, -0.25) is 4.79 Å². The number of alkyl halides is 3. The third-order valence-corrected chi connectivity index (χ3v) is 9.15. The summed E-state index contributed by atoms with van der Waals surface area (Å²) in [6.45, 7) is 6.57. The number of anilines is 1.